The van der Waals surface area contributed by atoms with Crippen LogP contribution >= 0.6 is 22.9 Å². The van der Waals surface area contributed by atoms with E-state index in [1.54, 1.807) is 12.3 Å². The van der Waals surface area contributed by atoms with E-state index in [4.69, 9.17) is 11.6 Å². The molecule has 0 spiro atoms. The number of aromatic amines is 1. The van der Waals surface area contributed by atoms with Gasteiger partial charge in [0.15, 0.2) is 0 Å². The highest BCUT2D eigenvalue weighted by molar-refractivity contribution is 7.19. The zero-order chi connectivity index (χ0) is 9.26. The fraction of sp³-hybridized carbons (Fsp3) is 0. The fourth-order valence-electron chi connectivity index (χ4n) is 0.980. The molecule has 0 bridgehead atoms. The zero-order valence-electron chi connectivity index (χ0n) is 6.45. The Morgan fingerprint density at radius 2 is 2.31 bits per heavy atom. The van der Waals surface area contributed by atoms with Crippen molar-refractivity contribution < 1.29 is 0 Å². The van der Waals surface area contributed by atoms with Crippen molar-refractivity contribution in [3.8, 4) is 10.4 Å². The molecule has 0 atom stereocenters. The fourth-order valence-corrected chi connectivity index (χ4v) is 2.00. The van der Waals surface area contributed by atoms with Crippen LogP contribution in [0.2, 0.25) is 4.34 Å². The minimum absolute atomic E-state index is 0.206. The Morgan fingerprint density at radius 3 is 2.92 bits per heavy atom. The predicted octanol–water partition coefficient (Wildman–Crippen LogP) is 2.15. The largest absolute Gasteiger partial charge is 0.268 e. The summed E-state index contributed by atoms with van der Waals surface area (Å²) in [5.41, 5.74) is 0.586. The summed E-state index contributed by atoms with van der Waals surface area (Å²) >= 11 is 7.18. The van der Waals surface area contributed by atoms with Gasteiger partial charge in [-0.2, -0.15) is 5.10 Å². The molecule has 0 aliphatic rings. The summed E-state index contributed by atoms with van der Waals surface area (Å²) in [6.45, 7) is 0. The van der Waals surface area contributed by atoms with E-state index in [1.165, 1.54) is 17.4 Å². The second kappa shape index (κ2) is 3.32. The van der Waals surface area contributed by atoms with Crippen LogP contribution in [0.25, 0.3) is 10.4 Å². The lowest BCUT2D eigenvalue weighted by Crippen LogP contribution is -2.04. The summed E-state index contributed by atoms with van der Waals surface area (Å²) in [6.07, 6.45) is 1.60. The SMILES string of the molecule is O=c1cc(-c2ccc(Cl)s2)cn[nH]1. The van der Waals surface area contributed by atoms with Gasteiger partial charge in [-0.3, -0.25) is 4.79 Å². The van der Waals surface area contributed by atoms with Crippen molar-refractivity contribution in [3.05, 3.63) is 39.1 Å². The van der Waals surface area contributed by atoms with Crippen molar-refractivity contribution in [1.29, 1.82) is 0 Å². The lowest BCUT2D eigenvalue weighted by molar-refractivity contribution is 0.992. The zero-order valence-corrected chi connectivity index (χ0v) is 8.02. The first kappa shape index (κ1) is 8.47. The Bertz CT molecular complexity index is 477. The second-order valence-electron chi connectivity index (χ2n) is 2.44. The van der Waals surface area contributed by atoms with E-state index in [0.717, 1.165) is 10.4 Å². The number of nitrogens with one attached hydrogen (secondary N) is 1. The molecule has 0 aliphatic carbocycles. The van der Waals surface area contributed by atoms with Crippen molar-refractivity contribution in [3.63, 3.8) is 0 Å². The number of nitrogens with zero attached hydrogens (tertiary/aromatic N) is 1. The number of hydrogen-bond donors (Lipinski definition) is 1. The first-order chi connectivity index (χ1) is 6.25. The van der Waals surface area contributed by atoms with Crippen LogP contribution in [0, 0.1) is 0 Å². The molecule has 0 amide bonds. The summed E-state index contributed by atoms with van der Waals surface area (Å²) in [6, 6.07) is 5.15. The summed E-state index contributed by atoms with van der Waals surface area (Å²) in [7, 11) is 0. The molecule has 0 unspecified atom stereocenters. The maximum Gasteiger partial charge on any atom is 0.264 e. The quantitative estimate of drug-likeness (QED) is 0.788. The molecule has 2 rings (SSSR count). The van der Waals surface area contributed by atoms with Crippen molar-refractivity contribution in [2.75, 3.05) is 0 Å². The Kier molecular flexibility index (Phi) is 2.16. The lowest BCUT2D eigenvalue weighted by atomic mass is 10.2. The van der Waals surface area contributed by atoms with E-state index >= 15 is 0 Å². The Labute approximate surface area is 83.0 Å². The van der Waals surface area contributed by atoms with E-state index in [2.05, 4.69) is 10.2 Å². The number of rotatable bonds is 1. The van der Waals surface area contributed by atoms with Gasteiger partial charge in [0, 0.05) is 16.5 Å². The summed E-state index contributed by atoms with van der Waals surface area (Å²) in [5, 5.41) is 6.01. The van der Waals surface area contributed by atoms with Gasteiger partial charge in [0.25, 0.3) is 5.56 Å². The highest BCUT2D eigenvalue weighted by Gasteiger charge is 2.01. The molecule has 2 aromatic rings. The molecule has 66 valence electrons. The molecule has 0 fully saturated rings. The molecular formula is C8H5ClN2OS. The van der Waals surface area contributed by atoms with Gasteiger partial charge in [-0.05, 0) is 12.1 Å². The second-order valence-corrected chi connectivity index (χ2v) is 4.15. The van der Waals surface area contributed by atoms with Crippen molar-refractivity contribution in [2.45, 2.75) is 0 Å². The summed E-state index contributed by atoms with van der Waals surface area (Å²) in [4.78, 5) is 11.9. The molecule has 1 N–H and O–H groups in total. The summed E-state index contributed by atoms with van der Waals surface area (Å²) in [5.74, 6) is 0. The van der Waals surface area contributed by atoms with E-state index in [9.17, 15) is 4.79 Å². The molecule has 13 heavy (non-hydrogen) atoms. The smallest absolute Gasteiger partial charge is 0.264 e. The van der Waals surface area contributed by atoms with E-state index < -0.39 is 0 Å². The molecule has 0 saturated carbocycles. The van der Waals surface area contributed by atoms with Crippen LogP contribution in [-0.4, -0.2) is 10.2 Å². The molecule has 5 heteroatoms. The van der Waals surface area contributed by atoms with Crippen molar-refractivity contribution in [1.82, 2.24) is 10.2 Å². The topological polar surface area (TPSA) is 45.8 Å². The first-order valence-electron chi connectivity index (χ1n) is 3.56. The van der Waals surface area contributed by atoms with Crippen LogP contribution in [0.4, 0.5) is 0 Å². The number of aromatic nitrogens is 2. The Hall–Kier alpha value is -1.13. The number of hydrogen-bond acceptors (Lipinski definition) is 3. The van der Waals surface area contributed by atoms with Gasteiger partial charge < -0.3 is 0 Å². The lowest BCUT2D eigenvalue weighted by Gasteiger charge is -1.92. The average Bonchev–Trinajstić information content (AvgIpc) is 2.52. The van der Waals surface area contributed by atoms with Crippen LogP contribution < -0.4 is 5.56 Å². The Morgan fingerprint density at radius 1 is 1.46 bits per heavy atom. The maximum atomic E-state index is 10.9. The molecule has 0 aromatic carbocycles. The minimum atomic E-state index is -0.206. The van der Waals surface area contributed by atoms with Gasteiger partial charge in [0.1, 0.15) is 0 Å². The van der Waals surface area contributed by atoms with Gasteiger partial charge >= 0.3 is 0 Å². The Balaban J connectivity index is 2.52. The monoisotopic (exact) mass is 212 g/mol. The van der Waals surface area contributed by atoms with Crippen LogP contribution in [0.3, 0.4) is 0 Å². The van der Waals surface area contributed by atoms with Crippen LogP contribution in [0.5, 0.6) is 0 Å². The average molecular weight is 213 g/mol. The van der Waals surface area contributed by atoms with E-state index in [-0.39, 0.29) is 5.56 Å². The minimum Gasteiger partial charge on any atom is -0.268 e. The van der Waals surface area contributed by atoms with Crippen LogP contribution in [0.1, 0.15) is 0 Å². The van der Waals surface area contributed by atoms with Crippen molar-refractivity contribution >= 4 is 22.9 Å². The maximum absolute atomic E-state index is 10.9. The van der Waals surface area contributed by atoms with Gasteiger partial charge in [-0.15, -0.1) is 11.3 Å². The van der Waals surface area contributed by atoms with E-state index in [1.807, 2.05) is 6.07 Å². The van der Waals surface area contributed by atoms with Gasteiger partial charge in [0.2, 0.25) is 0 Å². The van der Waals surface area contributed by atoms with Crippen LogP contribution in [-0.2, 0) is 0 Å². The summed E-state index contributed by atoms with van der Waals surface area (Å²) < 4.78 is 0.704. The normalized spacial score (nSPS) is 10.2. The van der Waals surface area contributed by atoms with Crippen molar-refractivity contribution in [2.24, 2.45) is 0 Å². The van der Waals surface area contributed by atoms with E-state index in [0.29, 0.717) is 4.34 Å². The highest BCUT2D eigenvalue weighted by Crippen LogP contribution is 2.29. The van der Waals surface area contributed by atoms with Gasteiger partial charge in [0.05, 0.1) is 10.5 Å². The molecule has 0 radical (unpaired) electrons. The van der Waals surface area contributed by atoms with Crippen LogP contribution in [0.15, 0.2) is 29.2 Å². The number of thiophene rings is 1. The third-order valence-corrected chi connectivity index (χ3v) is 2.80. The highest BCUT2D eigenvalue weighted by atomic mass is 35.5. The van der Waals surface area contributed by atoms with Gasteiger partial charge in [-0.1, -0.05) is 11.6 Å². The molecule has 0 saturated heterocycles. The number of halogens is 1. The third-order valence-electron chi connectivity index (χ3n) is 1.52. The third kappa shape index (κ3) is 1.79. The molecular weight excluding hydrogens is 208 g/mol. The molecule has 2 heterocycles. The first-order valence-corrected chi connectivity index (χ1v) is 4.75. The number of H-pyrrole nitrogens is 1. The standard InChI is InChI=1S/C8H5ClN2OS/c9-7-2-1-6(13-7)5-3-8(12)11-10-4-5/h1-4H,(H,11,12). The molecule has 2 aromatic heterocycles. The molecule has 3 nitrogen and oxygen atoms in total. The van der Waals surface area contributed by atoms with Gasteiger partial charge in [-0.25, -0.2) is 5.10 Å². The predicted molar refractivity (Wildman–Crippen MR) is 53.2 cm³/mol. The molecule has 0 aliphatic heterocycles.